The Morgan fingerprint density at radius 3 is 1.77 bits per heavy atom. The van der Waals surface area contributed by atoms with Gasteiger partial charge in [-0.25, -0.2) is 0 Å². The first-order valence-corrected chi connectivity index (χ1v) is 4.80. The predicted molar refractivity (Wildman–Crippen MR) is 56.5 cm³/mol. The van der Waals surface area contributed by atoms with Crippen LogP contribution >= 0.6 is 0 Å². The fourth-order valence-electron chi connectivity index (χ4n) is 1.11. The smallest absolute Gasteiger partial charge is 0.113 e. The highest BCUT2D eigenvalue weighted by atomic mass is 15.6. The molecule has 1 heterocycles. The van der Waals surface area contributed by atoms with E-state index in [1.54, 1.807) is 0 Å². The normalized spacial score (nSPS) is 18.6. The molecule has 3 heteroatoms. The summed E-state index contributed by atoms with van der Waals surface area (Å²) in [6, 6.07) is 0. The molecule has 0 aromatic carbocycles. The van der Waals surface area contributed by atoms with Crippen LogP contribution in [0.2, 0.25) is 0 Å². The number of rotatable bonds is 0. The van der Waals surface area contributed by atoms with Crippen LogP contribution in [0.3, 0.4) is 0 Å². The highest BCUT2D eigenvalue weighted by Crippen LogP contribution is 2.22. The number of hydrazone groups is 1. The maximum absolute atomic E-state index is 4.39. The Morgan fingerprint density at radius 2 is 1.54 bits per heavy atom. The van der Waals surface area contributed by atoms with Crippen LogP contribution in [0.5, 0.6) is 0 Å². The zero-order chi connectivity index (χ0) is 10.3. The third-order valence-corrected chi connectivity index (χ3v) is 2.25. The standard InChI is InChI=1S/C10H21N3/c1-9(2,3)12-7-11-13(8-12)10(4,5)6/h7H,8H2,1-6H3. The maximum atomic E-state index is 4.39. The Kier molecular flexibility index (Phi) is 2.30. The van der Waals surface area contributed by atoms with Crippen LogP contribution in [0.15, 0.2) is 5.10 Å². The molecule has 0 fully saturated rings. The van der Waals surface area contributed by atoms with Gasteiger partial charge in [0.2, 0.25) is 0 Å². The van der Waals surface area contributed by atoms with E-state index in [-0.39, 0.29) is 11.1 Å². The first-order chi connectivity index (χ1) is 5.71. The van der Waals surface area contributed by atoms with Crippen LogP contribution in [-0.4, -0.2) is 34.0 Å². The molecule has 0 spiro atoms. The van der Waals surface area contributed by atoms with Crippen molar-refractivity contribution in [1.82, 2.24) is 9.91 Å². The van der Waals surface area contributed by atoms with Crippen molar-refractivity contribution in [2.75, 3.05) is 6.67 Å². The summed E-state index contributed by atoms with van der Waals surface area (Å²) in [5.41, 5.74) is 0.292. The van der Waals surface area contributed by atoms with E-state index in [2.05, 4.69) is 56.6 Å². The Bertz CT molecular complexity index is 185. The molecule has 1 rings (SSSR count). The van der Waals surface area contributed by atoms with Crippen molar-refractivity contribution in [3.05, 3.63) is 0 Å². The monoisotopic (exact) mass is 183 g/mol. The summed E-state index contributed by atoms with van der Waals surface area (Å²) in [6.07, 6.45) is 1.94. The Labute approximate surface area is 81.4 Å². The summed E-state index contributed by atoms with van der Waals surface area (Å²) < 4.78 is 0. The molecule has 0 aromatic rings. The van der Waals surface area contributed by atoms with E-state index >= 15 is 0 Å². The predicted octanol–water partition coefficient (Wildman–Crippen LogP) is 2.10. The molecule has 3 nitrogen and oxygen atoms in total. The minimum Gasteiger partial charge on any atom is -0.337 e. The molecule has 76 valence electrons. The largest absolute Gasteiger partial charge is 0.337 e. The highest BCUT2D eigenvalue weighted by Gasteiger charge is 2.29. The lowest BCUT2D eigenvalue weighted by molar-refractivity contribution is 0.0894. The Balaban J connectivity index is 2.63. The van der Waals surface area contributed by atoms with Gasteiger partial charge in [-0.3, -0.25) is 5.01 Å². The highest BCUT2D eigenvalue weighted by molar-refractivity contribution is 5.57. The van der Waals surface area contributed by atoms with Gasteiger partial charge >= 0.3 is 0 Å². The van der Waals surface area contributed by atoms with Crippen molar-refractivity contribution < 1.29 is 0 Å². The topological polar surface area (TPSA) is 18.8 Å². The summed E-state index contributed by atoms with van der Waals surface area (Å²) in [4.78, 5) is 2.25. The van der Waals surface area contributed by atoms with Gasteiger partial charge in [0, 0.05) is 5.54 Å². The van der Waals surface area contributed by atoms with E-state index < -0.39 is 0 Å². The van der Waals surface area contributed by atoms with Crippen LogP contribution in [0.1, 0.15) is 41.5 Å². The van der Waals surface area contributed by atoms with Gasteiger partial charge in [0.05, 0.1) is 5.54 Å². The molecule has 0 radical (unpaired) electrons. The molecule has 1 aliphatic rings. The third-order valence-electron chi connectivity index (χ3n) is 2.25. The fraction of sp³-hybridized carbons (Fsp3) is 0.900. The van der Waals surface area contributed by atoms with Crippen LogP contribution in [0, 0.1) is 0 Å². The van der Waals surface area contributed by atoms with Gasteiger partial charge in [-0.2, -0.15) is 5.10 Å². The van der Waals surface area contributed by atoms with Gasteiger partial charge in [-0.05, 0) is 41.5 Å². The van der Waals surface area contributed by atoms with Gasteiger partial charge in [0.15, 0.2) is 0 Å². The average Bonchev–Trinajstić information content (AvgIpc) is 2.28. The van der Waals surface area contributed by atoms with E-state index in [1.165, 1.54) is 0 Å². The Hall–Kier alpha value is -0.730. The molecular weight excluding hydrogens is 162 g/mol. The molecule has 0 unspecified atom stereocenters. The van der Waals surface area contributed by atoms with Gasteiger partial charge in [0.25, 0.3) is 0 Å². The summed E-state index contributed by atoms with van der Waals surface area (Å²) >= 11 is 0. The second kappa shape index (κ2) is 2.89. The number of hydrogen-bond donors (Lipinski definition) is 0. The van der Waals surface area contributed by atoms with Gasteiger partial charge < -0.3 is 4.90 Å². The van der Waals surface area contributed by atoms with E-state index in [0.717, 1.165) is 6.67 Å². The molecule has 0 N–H and O–H groups in total. The summed E-state index contributed by atoms with van der Waals surface area (Å²) in [5, 5.41) is 6.50. The molecule has 0 aliphatic carbocycles. The minimum absolute atomic E-state index is 0.122. The van der Waals surface area contributed by atoms with Gasteiger partial charge in [-0.1, -0.05) is 0 Å². The van der Waals surface area contributed by atoms with Crippen LogP contribution in [0.4, 0.5) is 0 Å². The molecule has 13 heavy (non-hydrogen) atoms. The Morgan fingerprint density at radius 1 is 1.00 bits per heavy atom. The van der Waals surface area contributed by atoms with Crippen molar-refractivity contribution in [3.8, 4) is 0 Å². The molecule has 0 amide bonds. The number of nitrogens with zero attached hydrogens (tertiary/aromatic N) is 3. The summed E-state index contributed by atoms with van der Waals surface area (Å²) in [7, 11) is 0. The van der Waals surface area contributed by atoms with Crippen LogP contribution < -0.4 is 0 Å². The second-order valence-electron chi connectivity index (χ2n) is 5.58. The fourth-order valence-corrected chi connectivity index (χ4v) is 1.11. The van der Waals surface area contributed by atoms with Crippen molar-refractivity contribution in [3.63, 3.8) is 0 Å². The van der Waals surface area contributed by atoms with E-state index in [4.69, 9.17) is 0 Å². The summed E-state index contributed by atoms with van der Waals surface area (Å²) in [5.74, 6) is 0. The lowest BCUT2D eigenvalue weighted by Gasteiger charge is -2.35. The first kappa shape index (κ1) is 10.4. The van der Waals surface area contributed by atoms with E-state index in [1.807, 2.05) is 6.34 Å². The minimum atomic E-state index is 0.122. The summed E-state index contributed by atoms with van der Waals surface area (Å²) in [6.45, 7) is 14.0. The SMILES string of the molecule is CC(C)(C)N1C=NN(C(C)(C)C)C1. The molecule has 1 aliphatic heterocycles. The lowest BCUT2D eigenvalue weighted by Crippen LogP contribution is -2.45. The zero-order valence-electron chi connectivity index (χ0n) is 9.63. The third kappa shape index (κ3) is 2.36. The number of hydrogen-bond acceptors (Lipinski definition) is 3. The molecule has 0 saturated carbocycles. The molecule has 0 saturated heterocycles. The van der Waals surface area contributed by atoms with Gasteiger partial charge in [-0.15, -0.1) is 0 Å². The first-order valence-electron chi connectivity index (χ1n) is 4.80. The van der Waals surface area contributed by atoms with E-state index in [0.29, 0.717) is 0 Å². The quantitative estimate of drug-likeness (QED) is 0.573. The average molecular weight is 183 g/mol. The molecule has 0 bridgehead atoms. The van der Waals surface area contributed by atoms with Crippen molar-refractivity contribution >= 4 is 6.34 Å². The van der Waals surface area contributed by atoms with Crippen molar-refractivity contribution in [1.29, 1.82) is 0 Å². The zero-order valence-corrected chi connectivity index (χ0v) is 9.63. The molecule has 0 aromatic heterocycles. The molecular formula is C10H21N3. The van der Waals surface area contributed by atoms with Crippen molar-refractivity contribution in [2.24, 2.45) is 5.10 Å². The van der Waals surface area contributed by atoms with Gasteiger partial charge in [0.1, 0.15) is 13.0 Å². The van der Waals surface area contributed by atoms with Crippen LogP contribution in [-0.2, 0) is 0 Å². The van der Waals surface area contributed by atoms with Crippen LogP contribution in [0.25, 0.3) is 0 Å². The maximum Gasteiger partial charge on any atom is 0.113 e. The second-order valence-corrected chi connectivity index (χ2v) is 5.58. The lowest BCUT2D eigenvalue weighted by atomic mass is 10.1. The molecule has 0 atom stereocenters. The van der Waals surface area contributed by atoms with Crippen molar-refractivity contribution in [2.45, 2.75) is 52.6 Å². The van der Waals surface area contributed by atoms with E-state index in [9.17, 15) is 0 Å².